The number of ether oxygens (including phenoxy) is 1. The second kappa shape index (κ2) is 7.88. The Morgan fingerprint density at radius 2 is 2.00 bits per heavy atom. The number of rotatable bonds is 3. The van der Waals surface area contributed by atoms with Gasteiger partial charge in [-0.1, -0.05) is 11.6 Å². The molecule has 31 heavy (non-hydrogen) atoms. The summed E-state index contributed by atoms with van der Waals surface area (Å²) < 4.78 is 45.3. The second-order valence-corrected chi connectivity index (χ2v) is 7.56. The molecule has 2 aromatic heterocycles. The number of methoxy groups -OCH3 is 1. The quantitative estimate of drug-likeness (QED) is 0.609. The van der Waals surface area contributed by atoms with Gasteiger partial charge in [0.25, 0.3) is 17.5 Å². The monoisotopic (exact) mass is 454 g/mol. The molecular weight excluding hydrogens is 437 g/mol. The van der Waals surface area contributed by atoms with Gasteiger partial charge in [-0.05, 0) is 25.0 Å². The summed E-state index contributed by atoms with van der Waals surface area (Å²) in [6, 6.07) is 4.61. The second-order valence-electron chi connectivity index (χ2n) is 7.16. The van der Waals surface area contributed by atoms with Crippen molar-refractivity contribution < 1.29 is 22.7 Å². The normalized spacial score (nSPS) is 15.5. The summed E-state index contributed by atoms with van der Waals surface area (Å²) in [5, 5.41) is 3.85. The van der Waals surface area contributed by atoms with Crippen LogP contribution in [0.4, 0.5) is 18.9 Å². The molecule has 1 aliphatic rings. The smallest absolute Gasteiger partial charge is 0.453 e. The van der Waals surface area contributed by atoms with Gasteiger partial charge in [-0.2, -0.15) is 18.2 Å². The Morgan fingerprint density at radius 1 is 1.29 bits per heavy atom. The van der Waals surface area contributed by atoms with E-state index in [9.17, 15) is 18.0 Å². The minimum absolute atomic E-state index is 0.103. The van der Waals surface area contributed by atoms with Crippen LogP contribution < -0.4 is 10.5 Å². The van der Waals surface area contributed by atoms with Crippen LogP contribution in [0.15, 0.2) is 24.4 Å². The van der Waals surface area contributed by atoms with Gasteiger partial charge in [-0.3, -0.25) is 4.79 Å². The highest BCUT2D eigenvalue weighted by Gasteiger charge is 2.37. The van der Waals surface area contributed by atoms with E-state index in [1.807, 2.05) is 0 Å². The number of anilines is 1. The zero-order valence-corrected chi connectivity index (χ0v) is 17.1. The van der Waals surface area contributed by atoms with Crippen molar-refractivity contribution in [1.82, 2.24) is 24.5 Å². The SMILES string of the molecule is COc1cc(N)c(Cl)cc1C(=O)N1CCC(c2ccnc3nc(C(F)(F)F)nn23)CC1. The highest BCUT2D eigenvalue weighted by atomic mass is 35.5. The maximum Gasteiger partial charge on any atom is 0.453 e. The maximum absolute atomic E-state index is 13.0. The zero-order chi connectivity index (χ0) is 22.3. The van der Waals surface area contributed by atoms with E-state index in [-0.39, 0.29) is 22.6 Å². The molecule has 0 radical (unpaired) electrons. The number of likely N-dealkylation sites (tertiary alicyclic amines) is 1. The fourth-order valence-corrected chi connectivity index (χ4v) is 3.86. The number of nitrogen functional groups attached to an aromatic ring is 1. The number of hydrogen-bond acceptors (Lipinski definition) is 6. The van der Waals surface area contributed by atoms with Crippen molar-refractivity contribution in [2.24, 2.45) is 0 Å². The van der Waals surface area contributed by atoms with Crippen molar-refractivity contribution >= 4 is 29.0 Å². The average molecular weight is 455 g/mol. The summed E-state index contributed by atoms with van der Waals surface area (Å²) in [5.41, 5.74) is 6.96. The van der Waals surface area contributed by atoms with E-state index in [0.29, 0.717) is 48.6 Å². The Hall–Kier alpha value is -3.08. The van der Waals surface area contributed by atoms with E-state index >= 15 is 0 Å². The molecule has 164 valence electrons. The number of halogens is 4. The highest BCUT2D eigenvalue weighted by Crippen LogP contribution is 2.33. The van der Waals surface area contributed by atoms with E-state index in [2.05, 4.69) is 15.1 Å². The van der Waals surface area contributed by atoms with Gasteiger partial charge < -0.3 is 15.4 Å². The molecule has 0 saturated carbocycles. The molecule has 2 N–H and O–H groups in total. The van der Waals surface area contributed by atoms with Gasteiger partial charge >= 0.3 is 6.18 Å². The molecule has 1 fully saturated rings. The number of carbonyl (C=O) groups excluding carboxylic acids is 1. The van der Waals surface area contributed by atoms with Crippen LogP contribution in [-0.2, 0) is 6.18 Å². The predicted octanol–water partition coefficient (Wildman–Crippen LogP) is 3.41. The first-order chi connectivity index (χ1) is 14.7. The Morgan fingerprint density at radius 3 is 2.65 bits per heavy atom. The molecule has 1 amide bonds. The lowest BCUT2D eigenvalue weighted by atomic mass is 9.93. The first-order valence-corrected chi connectivity index (χ1v) is 9.78. The number of piperidine rings is 1. The van der Waals surface area contributed by atoms with Crippen LogP contribution in [0.25, 0.3) is 5.78 Å². The molecule has 8 nitrogen and oxygen atoms in total. The first-order valence-electron chi connectivity index (χ1n) is 9.40. The van der Waals surface area contributed by atoms with Crippen molar-refractivity contribution in [1.29, 1.82) is 0 Å². The molecule has 0 unspecified atom stereocenters. The summed E-state index contributed by atoms with van der Waals surface area (Å²) in [4.78, 5) is 22.0. The molecule has 4 rings (SSSR count). The third-order valence-electron chi connectivity index (χ3n) is 5.27. The average Bonchev–Trinajstić information content (AvgIpc) is 3.20. The number of aromatic nitrogens is 4. The van der Waals surface area contributed by atoms with Crippen LogP contribution in [-0.4, -0.2) is 50.6 Å². The molecule has 3 heterocycles. The standard InChI is InChI=1S/C19H18ClF3N6O2/c1-31-15-9-13(24)12(20)8-11(15)16(30)28-6-3-10(4-7-28)14-2-5-25-18-26-17(19(21,22)23)27-29(14)18/h2,5,8-10H,3-4,6-7,24H2,1H3. The summed E-state index contributed by atoms with van der Waals surface area (Å²) in [5.74, 6) is -1.37. The zero-order valence-electron chi connectivity index (χ0n) is 16.4. The van der Waals surface area contributed by atoms with Crippen LogP contribution in [0.1, 0.15) is 40.6 Å². The van der Waals surface area contributed by atoms with Gasteiger partial charge in [0.2, 0.25) is 0 Å². The molecule has 1 aliphatic heterocycles. The van der Waals surface area contributed by atoms with Crippen molar-refractivity contribution in [3.8, 4) is 5.75 Å². The van der Waals surface area contributed by atoms with Gasteiger partial charge in [0.15, 0.2) is 0 Å². The number of benzene rings is 1. The first kappa shape index (κ1) is 21.2. The molecule has 0 atom stereocenters. The Bertz CT molecular complexity index is 1140. The fraction of sp³-hybridized carbons (Fsp3) is 0.368. The van der Waals surface area contributed by atoms with Crippen molar-refractivity contribution in [2.75, 3.05) is 25.9 Å². The van der Waals surface area contributed by atoms with Gasteiger partial charge in [0.1, 0.15) is 5.75 Å². The molecule has 3 aromatic rings. The summed E-state index contributed by atoms with van der Waals surface area (Å²) in [7, 11) is 1.44. The van der Waals surface area contributed by atoms with Crippen LogP contribution >= 0.6 is 11.6 Å². The Labute approximate surface area is 179 Å². The number of hydrogen-bond donors (Lipinski definition) is 1. The van der Waals surface area contributed by atoms with Gasteiger partial charge in [-0.25, -0.2) is 9.50 Å². The number of carbonyl (C=O) groups is 1. The minimum Gasteiger partial charge on any atom is -0.496 e. The van der Waals surface area contributed by atoms with E-state index in [0.717, 1.165) is 4.52 Å². The minimum atomic E-state index is -4.65. The van der Waals surface area contributed by atoms with Crippen molar-refractivity contribution in [3.05, 3.63) is 46.5 Å². The highest BCUT2D eigenvalue weighted by molar-refractivity contribution is 6.33. The summed E-state index contributed by atoms with van der Waals surface area (Å²) in [6.45, 7) is 0.804. The van der Waals surface area contributed by atoms with E-state index in [4.69, 9.17) is 22.1 Å². The Balaban J connectivity index is 1.54. The predicted molar refractivity (Wildman–Crippen MR) is 106 cm³/mol. The van der Waals surface area contributed by atoms with Gasteiger partial charge in [0.05, 0.1) is 29.1 Å². The summed E-state index contributed by atoms with van der Waals surface area (Å²) in [6.07, 6.45) is -2.16. The van der Waals surface area contributed by atoms with Crippen molar-refractivity contribution in [2.45, 2.75) is 24.9 Å². The summed E-state index contributed by atoms with van der Waals surface area (Å²) >= 11 is 6.07. The lowest BCUT2D eigenvalue weighted by Gasteiger charge is -2.32. The van der Waals surface area contributed by atoms with Crippen LogP contribution in [0.2, 0.25) is 5.02 Å². The van der Waals surface area contributed by atoms with Crippen LogP contribution in [0.3, 0.4) is 0 Å². The van der Waals surface area contributed by atoms with Gasteiger partial charge in [-0.15, -0.1) is 5.10 Å². The molecule has 1 aromatic carbocycles. The largest absolute Gasteiger partial charge is 0.496 e. The third-order valence-corrected chi connectivity index (χ3v) is 5.60. The van der Waals surface area contributed by atoms with E-state index in [1.165, 1.54) is 25.4 Å². The number of alkyl halides is 3. The maximum atomic E-state index is 13.0. The number of fused-ring (bicyclic) bond motifs is 1. The third kappa shape index (κ3) is 3.97. The molecule has 0 spiro atoms. The van der Waals surface area contributed by atoms with Crippen LogP contribution in [0.5, 0.6) is 5.75 Å². The molecule has 1 saturated heterocycles. The molecule has 0 bridgehead atoms. The van der Waals surface area contributed by atoms with Crippen LogP contribution in [0, 0.1) is 0 Å². The molecule has 0 aliphatic carbocycles. The lowest BCUT2D eigenvalue weighted by Crippen LogP contribution is -2.38. The number of amides is 1. The molecular formula is C19H18ClF3N6O2. The topological polar surface area (TPSA) is 98.6 Å². The Kier molecular flexibility index (Phi) is 5.38. The van der Waals surface area contributed by atoms with Gasteiger partial charge in [0, 0.05) is 31.3 Å². The van der Waals surface area contributed by atoms with E-state index in [1.54, 1.807) is 11.0 Å². The lowest BCUT2D eigenvalue weighted by molar-refractivity contribution is -0.144. The number of nitrogens with two attached hydrogens (primary N) is 1. The fourth-order valence-electron chi connectivity index (χ4n) is 3.69. The number of nitrogens with zero attached hydrogens (tertiary/aromatic N) is 5. The molecule has 12 heteroatoms. The van der Waals surface area contributed by atoms with E-state index < -0.39 is 12.0 Å². The van der Waals surface area contributed by atoms with Crippen molar-refractivity contribution in [3.63, 3.8) is 0 Å².